The fourth-order valence-corrected chi connectivity index (χ4v) is 3.42. The quantitative estimate of drug-likeness (QED) is 0.907. The molecular weight excluding hydrogens is 328 g/mol. The van der Waals surface area contributed by atoms with Crippen LogP contribution >= 0.6 is 15.9 Å². The summed E-state index contributed by atoms with van der Waals surface area (Å²) in [6.07, 6.45) is 1.67. The van der Waals surface area contributed by atoms with Crippen molar-refractivity contribution in [2.75, 3.05) is 12.4 Å². The maximum absolute atomic E-state index is 9.76. The zero-order valence-electron chi connectivity index (χ0n) is 11.7. The molecule has 0 aromatic heterocycles. The van der Waals surface area contributed by atoms with Gasteiger partial charge in [-0.05, 0) is 54.3 Å². The summed E-state index contributed by atoms with van der Waals surface area (Å²) in [5.74, 6) is 0.807. The number of nitrogens with one attached hydrogen (secondary N) is 1. The Morgan fingerprint density at radius 3 is 2.67 bits per heavy atom. The second-order valence-electron chi connectivity index (χ2n) is 5.14. The van der Waals surface area contributed by atoms with Gasteiger partial charge in [-0.2, -0.15) is 5.26 Å². The number of methoxy groups -OCH3 is 1. The van der Waals surface area contributed by atoms with Crippen molar-refractivity contribution in [2.45, 2.75) is 18.4 Å². The molecule has 0 radical (unpaired) electrons. The van der Waals surface area contributed by atoms with Crippen molar-refractivity contribution in [3.8, 4) is 11.8 Å². The molecule has 0 saturated heterocycles. The second-order valence-corrected chi connectivity index (χ2v) is 5.99. The van der Waals surface area contributed by atoms with Crippen LogP contribution in [0.2, 0.25) is 0 Å². The topological polar surface area (TPSA) is 45.0 Å². The van der Waals surface area contributed by atoms with Gasteiger partial charge in [0, 0.05) is 10.2 Å². The van der Waals surface area contributed by atoms with Crippen LogP contribution in [0.25, 0.3) is 0 Å². The van der Waals surface area contributed by atoms with Crippen LogP contribution in [0.4, 0.5) is 5.69 Å². The molecular formula is C17H15BrN2O. The molecule has 0 bridgehead atoms. The van der Waals surface area contributed by atoms with Crippen molar-refractivity contribution in [2.24, 2.45) is 0 Å². The van der Waals surface area contributed by atoms with Gasteiger partial charge in [-0.1, -0.05) is 28.1 Å². The van der Waals surface area contributed by atoms with Crippen LogP contribution in [-0.4, -0.2) is 7.11 Å². The van der Waals surface area contributed by atoms with E-state index in [1.807, 2.05) is 42.5 Å². The summed E-state index contributed by atoms with van der Waals surface area (Å²) in [4.78, 5) is 0. The normalized spacial score (nSPS) is 19.7. The Hall–Kier alpha value is -1.99. The van der Waals surface area contributed by atoms with E-state index in [4.69, 9.17) is 4.74 Å². The van der Waals surface area contributed by atoms with Gasteiger partial charge in [0.25, 0.3) is 0 Å². The average molecular weight is 343 g/mol. The number of rotatable bonds is 3. The van der Waals surface area contributed by atoms with Gasteiger partial charge in [0.15, 0.2) is 5.54 Å². The minimum atomic E-state index is -0.659. The summed E-state index contributed by atoms with van der Waals surface area (Å²) in [5.41, 5.74) is 2.55. The first-order valence-corrected chi connectivity index (χ1v) is 7.59. The Morgan fingerprint density at radius 2 is 2.00 bits per heavy atom. The molecule has 0 fully saturated rings. The van der Waals surface area contributed by atoms with Gasteiger partial charge in [-0.25, -0.2) is 0 Å². The molecule has 4 heteroatoms. The molecule has 0 heterocycles. The van der Waals surface area contributed by atoms with Crippen LogP contribution in [0.5, 0.6) is 5.75 Å². The monoisotopic (exact) mass is 342 g/mol. The van der Waals surface area contributed by atoms with E-state index in [1.54, 1.807) is 7.11 Å². The molecule has 1 aliphatic rings. The van der Waals surface area contributed by atoms with Crippen molar-refractivity contribution in [1.82, 2.24) is 0 Å². The lowest BCUT2D eigenvalue weighted by atomic mass is 9.93. The van der Waals surface area contributed by atoms with E-state index >= 15 is 0 Å². The van der Waals surface area contributed by atoms with Gasteiger partial charge in [-0.15, -0.1) is 0 Å². The molecule has 1 N–H and O–H groups in total. The molecule has 0 saturated carbocycles. The summed E-state index contributed by atoms with van der Waals surface area (Å²) in [7, 11) is 1.64. The first-order valence-electron chi connectivity index (χ1n) is 6.80. The van der Waals surface area contributed by atoms with Crippen LogP contribution in [0.3, 0.4) is 0 Å². The highest BCUT2D eigenvalue weighted by atomic mass is 79.9. The predicted molar refractivity (Wildman–Crippen MR) is 86.4 cm³/mol. The average Bonchev–Trinajstić information content (AvgIpc) is 2.89. The number of nitrogens with zero attached hydrogens (tertiary/aromatic N) is 1. The third-order valence-corrected chi connectivity index (χ3v) is 4.71. The van der Waals surface area contributed by atoms with E-state index in [0.29, 0.717) is 0 Å². The van der Waals surface area contributed by atoms with Crippen molar-refractivity contribution in [3.05, 3.63) is 58.1 Å². The first kappa shape index (κ1) is 14.0. The van der Waals surface area contributed by atoms with E-state index < -0.39 is 5.54 Å². The van der Waals surface area contributed by atoms with Gasteiger partial charge in [-0.3, -0.25) is 0 Å². The third-order valence-electron chi connectivity index (χ3n) is 3.97. The maximum atomic E-state index is 9.76. The maximum Gasteiger partial charge on any atom is 0.151 e. The van der Waals surface area contributed by atoms with Crippen molar-refractivity contribution < 1.29 is 4.74 Å². The molecule has 2 aromatic carbocycles. The standard InChI is InChI=1S/C17H15BrN2O/c1-21-13-7-5-12(6-8-13)20-17(11-19)10-9-14-15(17)3-2-4-16(14)18/h2-8,20H,9-10H2,1H3. The molecule has 106 valence electrons. The summed E-state index contributed by atoms with van der Waals surface area (Å²) in [6, 6.07) is 16.2. The fraction of sp³-hybridized carbons (Fsp3) is 0.235. The highest BCUT2D eigenvalue weighted by Gasteiger charge is 2.39. The molecule has 3 nitrogen and oxygen atoms in total. The van der Waals surface area contributed by atoms with E-state index in [9.17, 15) is 5.26 Å². The lowest BCUT2D eigenvalue weighted by Gasteiger charge is -2.25. The van der Waals surface area contributed by atoms with Gasteiger partial charge in [0.1, 0.15) is 5.75 Å². The molecule has 0 amide bonds. The van der Waals surface area contributed by atoms with Crippen molar-refractivity contribution in [1.29, 1.82) is 5.26 Å². The number of fused-ring (bicyclic) bond motifs is 1. The zero-order chi connectivity index (χ0) is 14.9. The molecule has 2 aromatic rings. The third kappa shape index (κ3) is 2.38. The predicted octanol–water partition coefficient (Wildman–Crippen LogP) is 4.23. The smallest absolute Gasteiger partial charge is 0.151 e. The molecule has 0 aliphatic heterocycles. The first-order chi connectivity index (χ1) is 10.2. The van der Waals surface area contributed by atoms with Crippen LogP contribution in [-0.2, 0) is 12.0 Å². The van der Waals surface area contributed by atoms with Gasteiger partial charge < -0.3 is 10.1 Å². The van der Waals surface area contributed by atoms with E-state index in [2.05, 4.69) is 27.3 Å². The Labute approximate surface area is 132 Å². The number of halogens is 1. The van der Waals surface area contributed by atoms with Crippen molar-refractivity contribution >= 4 is 21.6 Å². The highest BCUT2D eigenvalue weighted by molar-refractivity contribution is 9.10. The number of hydrogen-bond acceptors (Lipinski definition) is 3. The molecule has 1 aliphatic carbocycles. The lowest BCUT2D eigenvalue weighted by molar-refractivity contribution is 0.415. The second kappa shape index (κ2) is 5.42. The SMILES string of the molecule is COc1ccc(NC2(C#N)CCc3c(Br)cccc32)cc1. The number of ether oxygens (including phenoxy) is 1. The van der Waals surface area contributed by atoms with Gasteiger partial charge in [0.2, 0.25) is 0 Å². The number of benzene rings is 2. The summed E-state index contributed by atoms with van der Waals surface area (Å²) < 4.78 is 6.24. The summed E-state index contributed by atoms with van der Waals surface area (Å²) >= 11 is 3.58. The minimum Gasteiger partial charge on any atom is -0.497 e. The Balaban J connectivity index is 1.97. The number of anilines is 1. The molecule has 0 spiro atoms. The van der Waals surface area contributed by atoms with Crippen LogP contribution in [0, 0.1) is 11.3 Å². The van der Waals surface area contributed by atoms with E-state index in [1.165, 1.54) is 5.56 Å². The Kier molecular flexibility index (Phi) is 3.60. The zero-order valence-corrected chi connectivity index (χ0v) is 13.3. The van der Waals surface area contributed by atoms with Gasteiger partial charge in [0.05, 0.1) is 13.2 Å². The largest absolute Gasteiger partial charge is 0.497 e. The lowest BCUT2D eigenvalue weighted by Crippen LogP contribution is -2.31. The summed E-state index contributed by atoms with van der Waals surface area (Å²) in [6.45, 7) is 0. The van der Waals surface area contributed by atoms with E-state index in [0.717, 1.165) is 34.3 Å². The Bertz CT molecular complexity index is 706. The molecule has 1 unspecified atom stereocenters. The van der Waals surface area contributed by atoms with Crippen LogP contribution in [0.15, 0.2) is 46.9 Å². The van der Waals surface area contributed by atoms with Gasteiger partial charge >= 0.3 is 0 Å². The fourth-order valence-electron chi connectivity index (χ4n) is 2.85. The number of nitriles is 1. The summed E-state index contributed by atoms with van der Waals surface area (Å²) in [5, 5.41) is 13.2. The van der Waals surface area contributed by atoms with Crippen LogP contribution in [0.1, 0.15) is 17.5 Å². The minimum absolute atomic E-state index is 0.659. The highest BCUT2D eigenvalue weighted by Crippen LogP contribution is 2.42. The number of hydrogen-bond donors (Lipinski definition) is 1. The van der Waals surface area contributed by atoms with E-state index in [-0.39, 0.29) is 0 Å². The molecule has 3 rings (SSSR count). The Morgan fingerprint density at radius 1 is 1.24 bits per heavy atom. The molecule has 1 atom stereocenters. The van der Waals surface area contributed by atoms with Crippen LogP contribution < -0.4 is 10.1 Å². The molecule has 21 heavy (non-hydrogen) atoms. The van der Waals surface area contributed by atoms with Crippen molar-refractivity contribution in [3.63, 3.8) is 0 Å².